The van der Waals surface area contributed by atoms with Crippen LogP contribution >= 0.6 is 11.6 Å². The highest BCUT2D eigenvalue weighted by Gasteiger charge is 2.22. The molecule has 3 aromatic rings. The van der Waals surface area contributed by atoms with E-state index >= 15 is 0 Å². The Hall–Kier alpha value is -3.12. The third-order valence-corrected chi connectivity index (χ3v) is 5.86. The number of aromatic nitrogens is 2. The second-order valence-corrected chi connectivity index (χ2v) is 8.58. The minimum Gasteiger partial charge on any atom is -0.353 e. The molecule has 7 heteroatoms. The van der Waals surface area contributed by atoms with Crippen LogP contribution in [-0.2, 0) is 11.2 Å². The van der Waals surface area contributed by atoms with Crippen LogP contribution in [0.2, 0.25) is 5.02 Å². The lowest BCUT2D eigenvalue weighted by molar-refractivity contribution is -0.131. The van der Waals surface area contributed by atoms with E-state index in [0.29, 0.717) is 31.0 Å². The molecule has 0 unspecified atom stereocenters. The van der Waals surface area contributed by atoms with Crippen molar-refractivity contribution in [3.63, 3.8) is 0 Å². The van der Waals surface area contributed by atoms with Crippen molar-refractivity contribution in [1.82, 2.24) is 14.9 Å². The summed E-state index contributed by atoms with van der Waals surface area (Å²) < 4.78 is 0. The molecule has 0 saturated carbocycles. The van der Waals surface area contributed by atoms with Gasteiger partial charge in [0.1, 0.15) is 17.5 Å². The van der Waals surface area contributed by atoms with E-state index in [-0.39, 0.29) is 5.91 Å². The third-order valence-electron chi connectivity index (χ3n) is 5.62. The molecule has 4 rings (SSSR count). The fourth-order valence-electron chi connectivity index (χ4n) is 3.85. The minimum absolute atomic E-state index is 0.185. The summed E-state index contributed by atoms with van der Waals surface area (Å²) in [7, 11) is 0. The van der Waals surface area contributed by atoms with E-state index in [0.717, 1.165) is 41.8 Å². The summed E-state index contributed by atoms with van der Waals surface area (Å²) in [6.07, 6.45) is 1.20. The number of benzene rings is 2. The monoisotopic (exact) mass is 449 g/mol. The zero-order valence-corrected chi connectivity index (χ0v) is 19.3. The summed E-state index contributed by atoms with van der Waals surface area (Å²) in [5.41, 5.74) is 3.31. The molecule has 32 heavy (non-hydrogen) atoms. The number of hydrogen-bond donors (Lipinski definition) is 1. The molecule has 2 aromatic carbocycles. The predicted octanol–water partition coefficient (Wildman–Crippen LogP) is 4.77. The molecule has 1 aliphatic rings. The number of piperazine rings is 1. The van der Waals surface area contributed by atoms with Crippen LogP contribution in [0.5, 0.6) is 0 Å². The van der Waals surface area contributed by atoms with E-state index in [1.807, 2.05) is 54.3 Å². The lowest BCUT2D eigenvalue weighted by Crippen LogP contribution is -2.49. The second kappa shape index (κ2) is 10.0. The minimum atomic E-state index is 0.185. The molecular formula is C25H28ClN5O. The number of aryl methyl sites for hydroxylation is 3. The van der Waals surface area contributed by atoms with Gasteiger partial charge in [-0.2, -0.15) is 0 Å². The van der Waals surface area contributed by atoms with Crippen molar-refractivity contribution in [1.29, 1.82) is 0 Å². The van der Waals surface area contributed by atoms with E-state index in [4.69, 9.17) is 11.6 Å². The molecule has 166 valence electrons. The van der Waals surface area contributed by atoms with Crippen LogP contribution in [0.25, 0.3) is 0 Å². The standard InChI is InChI=1S/C25H28ClN5O/c1-18-6-9-22(10-7-18)29-23-17-24(28-19(2)27-23)30-12-14-31(15-13-30)25(32)11-8-20-4-3-5-21(26)16-20/h3-7,9-10,16-17H,8,11-15H2,1-2H3,(H,27,28,29). The van der Waals surface area contributed by atoms with Gasteiger partial charge in [0.05, 0.1) is 0 Å². The molecule has 0 spiro atoms. The summed E-state index contributed by atoms with van der Waals surface area (Å²) >= 11 is 6.04. The number of amides is 1. The molecular weight excluding hydrogens is 422 g/mol. The molecule has 1 saturated heterocycles. The number of nitrogens with zero attached hydrogens (tertiary/aromatic N) is 4. The van der Waals surface area contributed by atoms with Gasteiger partial charge in [-0.05, 0) is 50.1 Å². The highest BCUT2D eigenvalue weighted by atomic mass is 35.5. The average Bonchev–Trinajstić information content (AvgIpc) is 2.79. The largest absolute Gasteiger partial charge is 0.353 e. The summed E-state index contributed by atoms with van der Waals surface area (Å²) in [5, 5.41) is 4.07. The van der Waals surface area contributed by atoms with Crippen molar-refractivity contribution in [3.8, 4) is 0 Å². The van der Waals surface area contributed by atoms with Gasteiger partial charge >= 0.3 is 0 Å². The quantitative estimate of drug-likeness (QED) is 0.587. The summed E-state index contributed by atoms with van der Waals surface area (Å²) in [6.45, 7) is 6.86. The van der Waals surface area contributed by atoms with Crippen LogP contribution in [0.4, 0.5) is 17.3 Å². The maximum absolute atomic E-state index is 12.7. The first-order chi connectivity index (χ1) is 15.5. The molecule has 1 N–H and O–H groups in total. The lowest BCUT2D eigenvalue weighted by atomic mass is 10.1. The van der Waals surface area contributed by atoms with Crippen LogP contribution in [0.15, 0.2) is 54.6 Å². The van der Waals surface area contributed by atoms with Gasteiger partial charge in [0.2, 0.25) is 5.91 Å². The predicted molar refractivity (Wildman–Crippen MR) is 130 cm³/mol. The number of carbonyl (C=O) groups is 1. The SMILES string of the molecule is Cc1ccc(Nc2cc(N3CCN(C(=O)CCc4cccc(Cl)c4)CC3)nc(C)n2)cc1. The Balaban J connectivity index is 1.33. The fourth-order valence-corrected chi connectivity index (χ4v) is 4.06. The van der Waals surface area contributed by atoms with E-state index in [2.05, 4.69) is 39.2 Å². The smallest absolute Gasteiger partial charge is 0.223 e. The second-order valence-electron chi connectivity index (χ2n) is 8.15. The van der Waals surface area contributed by atoms with Crippen molar-refractivity contribution in [2.75, 3.05) is 36.4 Å². The van der Waals surface area contributed by atoms with Crippen LogP contribution < -0.4 is 10.2 Å². The normalized spacial score (nSPS) is 13.8. The van der Waals surface area contributed by atoms with Gasteiger partial charge in [0.25, 0.3) is 0 Å². The number of hydrogen-bond acceptors (Lipinski definition) is 5. The van der Waals surface area contributed by atoms with Crippen molar-refractivity contribution in [2.45, 2.75) is 26.7 Å². The molecule has 0 atom stereocenters. The Morgan fingerprint density at radius 1 is 1.00 bits per heavy atom. The van der Waals surface area contributed by atoms with Gasteiger partial charge in [-0.25, -0.2) is 9.97 Å². The van der Waals surface area contributed by atoms with Gasteiger partial charge in [-0.15, -0.1) is 0 Å². The first-order valence-electron chi connectivity index (χ1n) is 10.9. The summed E-state index contributed by atoms with van der Waals surface area (Å²) in [4.78, 5) is 26.0. The Morgan fingerprint density at radius 2 is 1.75 bits per heavy atom. The van der Waals surface area contributed by atoms with Crippen LogP contribution in [-0.4, -0.2) is 47.0 Å². The molecule has 0 aliphatic carbocycles. The molecule has 1 amide bonds. The van der Waals surface area contributed by atoms with Crippen LogP contribution in [0.1, 0.15) is 23.4 Å². The van der Waals surface area contributed by atoms with Crippen molar-refractivity contribution in [3.05, 3.63) is 76.6 Å². The van der Waals surface area contributed by atoms with Crippen molar-refractivity contribution in [2.24, 2.45) is 0 Å². The van der Waals surface area contributed by atoms with Gasteiger partial charge < -0.3 is 15.1 Å². The van der Waals surface area contributed by atoms with Gasteiger partial charge in [0.15, 0.2) is 0 Å². The maximum atomic E-state index is 12.7. The fraction of sp³-hybridized carbons (Fsp3) is 0.320. The van der Waals surface area contributed by atoms with Crippen LogP contribution in [0, 0.1) is 13.8 Å². The molecule has 0 radical (unpaired) electrons. The molecule has 0 bridgehead atoms. The average molecular weight is 450 g/mol. The number of carbonyl (C=O) groups excluding carboxylic acids is 1. The molecule has 1 aromatic heterocycles. The summed E-state index contributed by atoms with van der Waals surface area (Å²) in [5.74, 6) is 2.57. The Kier molecular flexibility index (Phi) is 6.90. The van der Waals surface area contributed by atoms with Gasteiger partial charge in [0, 0.05) is 49.4 Å². The molecule has 6 nitrogen and oxygen atoms in total. The highest BCUT2D eigenvalue weighted by Crippen LogP contribution is 2.22. The topological polar surface area (TPSA) is 61.4 Å². The van der Waals surface area contributed by atoms with Crippen molar-refractivity contribution >= 4 is 34.8 Å². The van der Waals surface area contributed by atoms with Crippen LogP contribution in [0.3, 0.4) is 0 Å². The van der Waals surface area contributed by atoms with E-state index in [1.165, 1.54) is 5.56 Å². The zero-order chi connectivity index (χ0) is 22.5. The van der Waals surface area contributed by atoms with Gasteiger partial charge in [-0.1, -0.05) is 41.4 Å². The van der Waals surface area contributed by atoms with Gasteiger partial charge in [-0.3, -0.25) is 4.79 Å². The molecule has 1 fully saturated rings. The van der Waals surface area contributed by atoms with E-state index in [1.54, 1.807) is 0 Å². The number of nitrogens with one attached hydrogen (secondary N) is 1. The Morgan fingerprint density at radius 3 is 2.47 bits per heavy atom. The first-order valence-corrected chi connectivity index (χ1v) is 11.3. The first kappa shape index (κ1) is 22.1. The van der Waals surface area contributed by atoms with E-state index in [9.17, 15) is 4.79 Å². The highest BCUT2D eigenvalue weighted by molar-refractivity contribution is 6.30. The Bertz CT molecular complexity index is 1080. The Labute approximate surface area is 194 Å². The summed E-state index contributed by atoms with van der Waals surface area (Å²) in [6, 6.07) is 17.9. The van der Waals surface area contributed by atoms with Crippen molar-refractivity contribution < 1.29 is 4.79 Å². The lowest BCUT2D eigenvalue weighted by Gasteiger charge is -2.35. The number of rotatable bonds is 6. The van der Waals surface area contributed by atoms with E-state index < -0.39 is 0 Å². The third kappa shape index (κ3) is 5.77. The molecule has 1 aliphatic heterocycles. The molecule has 2 heterocycles. The number of anilines is 3. The zero-order valence-electron chi connectivity index (χ0n) is 18.5. The maximum Gasteiger partial charge on any atom is 0.223 e. The number of halogens is 1.